The van der Waals surface area contributed by atoms with E-state index in [9.17, 15) is 18.8 Å². The molecule has 1 aliphatic rings. The number of halogens is 1. The predicted octanol–water partition coefficient (Wildman–Crippen LogP) is 4.40. The molecule has 2 heterocycles. The molecule has 41 heavy (non-hydrogen) atoms. The van der Waals surface area contributed by atoms with Gasteiger partial charge in [-0.15, -0.1) is 0 Å². The van der Waals surface area contributed by atoms with Gasteiger partial charge < -0.3 is 19.7 Å². The van der Waals surface area contributed by atoms with Crippen molar-refractivity contribution in [2.75, 3.05) is 38.2 Å². The lowest BCUT2D eigenvalue weighted by atomic mass is 10.1. The summed E-state index contributed by atoms with van der Waals surface area (Å²) in [5.41, 5.74) is 3.86. The number of hydrogen-bond donors (Lipinski definition) is 2. The van der Waals surface area contributed by atoms with Crippen LogP contribution in [0.5, 0.6) is 0 Å². The molecule has 2 N–H and O–H groups in total. The lowest BCUT2D eigenvalue weighted by molar-refractivity contribution is 0.0146. The second kappa shape index (κ2) is 12.7. The molecule has 0 unspecified atom stereocenters. The van der Waals surface area contributed by atoms with Crippen LogP contribution in [0.2, 0.25) is 0 Å². The zero-order valence-electron chi connectivity index (χ0n) is 23.4. The lowest BCUT2D eigenvalue weighted by Gasteiger charge is -2.27. The third-order valence-electron chi connectivity index (χ3n) is 6.02. The highest BCUT2D eigenvalue weighted by Gasteiger charge is 2.23. The van der Waals surface area contributed by atoms with Crippen LogP contribution in [0.3, 0.4) is 0 Å². The topological polar surface area (TPSA) is 126 Å². The Morgan fingerprint density at radius 1 is 1.07 bits per heavy atom. The lowest BCUT2D eigenvalue weighted by Crippen LogP contribution is -2.48. The van der Waals surface area contributed by atoms with Gasteiger partial charge in [0.2, 0.25) is 5.95 Å². The van der Waals surface area contributed by atoms with E-state index in [4.69, 9.17) is 9.47 Å². The number of carbonyl (C=O) groups is 3. The number of hydrogen-bond acceptors (Lipinski definition) is 8. The number of amides is 3. The number of aromatic nitrogens is 2. The first kappa shape index (κ1) is 29.4. The summed E-state index contributed by atoms with van der Waals surface area (Å²) >= 11 is 0. The number of anilines is 2. The molecule has 0 aliphatic carbocycles. The molecule has 0 saturated carbocycles. The van der Waals surface area contributed by atoms with Crippen LogP contribution < -0.4 is 10.7 Å². The molecule has 0 bridgehead atoms. The third-order valence-corrected chi connectivity index (χ3v) is 6.02. The van der Waals surface area contributed by atoms with Crippen molar-refractivity contribution in [2.45, 2.75) is 33.3 Å². The molecule has 0 spiro atoms. The molecule has 3 aromatic rings. The van der Waals surface area contributed by atoms with Gasteiger partial charge in [0.25, 0.3) is 11.8 Å². The summed E-state index contributed by atoms with van der Waals surface area (Å²) in [6.45, 7) is 8.91. The average molecular weight is 565 g/mol. The van der Waals surface area contributed by atoms with Gasteiger partial charge in [0.15, 0.2) is 0 Å². The normalized spacial score (nSPS) is 13.3. The van der Waals surface area contributed by atoms with E-state index in [2.05, 4.69) is 20.7 Å². The molecule has 12 heteroatoms. The molecular formula is C29H33FN6O5. The predicted molar refractivity (Wildman–Crippen MR) is 150 cm³/mol. The van der Waals surface area contributed by atoms with E-state index in [0.29, 0.717) is 48.8 Å². The number of nitrogens with one attached hydrogen (secondary N) is 2. The number of hydrazine groups is 1. The van der Waals surface area contributed by atoms with Gasteiger partial charge in [-0.05, 0) is 64.1 Å². The van der Waals surface area contributed by atoms with Crippen molar-refractivity contribution in [1.29, 1.82) is 0 Å². The van der Waals surface area contributed by atoms with Crippen molar-refractivity contribution in [3.63, 3.8) is 0 Å². The molecule has 216 valence electrons. The van der Waals surface area contributed by atoms with Crippen LogP contribution in [-0.2, 0) is 9.47 Å². The zero-order chi connectivity index (χ0) is 29.6. The van der Waals surface area contributed by atoms with Crippen molar-refractivity contribution >= 4 is 29.5 Å². The van der Waals surface area contributed by atoms with Crippen LogP contribution in [0.4, 0.5) is 20.8 Å². The van der Waals surface area contributed by atoms with E-state index in [-0.39, 0.29) is 24.0 Å². The van der Waals surface area contributed by atoms with Gasteiger partial charge in [-0.2, -0.15) is 0 Å². The number of carbonyl (C=O) groups excluding carboxylic acids is 3. The van der Waals surface area contributed by atoms with Crippen LogP contribution in [0, 0.1) is 5.82 Å². The van der Waals surface area contributed by atoms with Gasteiger partial charge >= 0.3 is 6.09 Å². The highest BCUT2D eigenvalue weighted by atomic mass is 19.1. The second-order valence-electron chi connectivity index (χ2n) is 10.2. The van der Waals surface area contributed by atoms with E-state index in [1.54, 1.807) is 75.2 Å². The summed E-state index contributed by atoms with van der Waals surface area (Å²) in [5.74, 6) is -1.26. The van der Waals surface area contributed by atoms with E-state index < -0.39 is 23.4 Å². The summed E-state index contributed by atoms with van der Waals surface area (Å²) < 4.78 is 25.4. The molecule has 1 aromatic heterocycles. The fourth-order valence-electron chi connectivity index (χ4n) is 3.96. The number of morpholine rings is 1. The van der Waals surface area contributed by atoms with Gasteiger partial charge in [0.1, 0.15) is 11.4 Å². The Labute approximate surface area is 237 Å². The minimum atomic E-state index is -0.693. The minimum Gasteiger partial charge on any atom is -0.442 e. The number of benzene rings is 2. The Bertz CT molecular complexity index is 1400. The Morgan fingerprint density at radius 2 is 1.78 bits per heavy atom. The molecule has 0 atom stereocenters. The maximum atomic E-state index is 14.8. The Morgan fingerprint density at radius 3 is 2.41 bits per heavy atom. The molecule has 1 saturated heterocycles. The minimum absolute atomic E-state index is 0.00982. The van der Waals surface area contributed by atoms with E-state index in [1.165, 1.54) is 12.1 Å². The van der Waals surface area contributed by atoms with Gasteiger partial charge in [0.05, 0.1) is 24.5 Å². The summed E-state index contributed by atoms with van der Waals surface area (Å²) in [6.07, 6.45) is 0.905. The van der Waals surface area contributed by atoms with Gasteiger partial charge in [-0.25, -0.2) is 24.2 Å². The molecule has 1 aliphatic heterocycles. The molecule has 2 aromatic carbocycles. The Kier molecular flexibility index (Phi) is 9.13. The first-order chi connectivity index (χ1) is 19.5. The highest BCUT2D eigenvalue weighted by molar-refractivity contribution is 5.96. The summed E-state index contributed by atoms with van der Waals surface area (Å²) in [7, 11) is 0. The van der Waals surface area contributed by atoms with E-state index in [1.807, 2.05) is 0 Å². The highest BCUT2D eigenvalue weighted by Crippen LogP contribution is 2.22. The second-order valence-corrected chi connectivity index (χ2v) is 10.2. The number of rotatable bonds is 6. The fraction of sp³-hybridized carbons (Fsp3) is 0.345. The fourth-order valence-corrected chi connectivity index (χ4v) is 3.96. The average Bonchev–Trinajstić information content (AvgIpc) is 2.95. The molecule has 3 amide bonds. The van der Waals surface area contributed by atoms with Crippen LogP contribution in [0.25, 0.3) is 11.3 Å². The van der Waals surface area contributed by atoms with Gasteiger partial charge in [0, 0.05) is 42.6 Å². The van der Waals surface area contributed by atoms with Crippen LogP contribution in [0.15, 0.2) is 54.7 Å². The van der Waals surface area contributed by atoms with Crippen molar-refractivity contribution in [2.24, 2.45) is 0 Å². The zero-order valence-corrected chi connectivity index (χ0v) is 23.4. The van der Waals surface area contributed by atoms with Gasteiger partial charge in [-0.1, -0.05) is 12.1 Å². The maximum Gasteiger partial charge on any atom is 0.429 e. The standard InChI is InChI=1S/C29H33FN6O5/c1-5-36(28(39)41-29(2,3)4)34-25(37)20-8-6-19(7-9-20)24-12-13-31-27(33-24)32-21-10-11-22(23(30)18-21)26(38)35-14-16-40-17-15-35/h6-13,18H,5,14-17H2,1-4H3,(H,34,37)(H,31,32,33). The van der Waals surface area contributed by atoms with Crippen LogP contribution in [0.1, 0.15) is 48.4 Å². The third kappa shape index (κ3) is 7.76. The Hall–Kier alpha value is -4.58. The summed E-state index contributed by atoms with van der Waals surface area (Å²) in [6, 6.07) is 12.6. The quantitative estimate of drug-likeness (QED) is 0.422. The molecule has 0 radical (unpaired) electrons. The molecular weight excluding hydrogens is 531 g/mol. The largest absolute Gasteiger partial charge is 0.442 e. The summed E-state index contributed by atoms with van der Waals surface area (Å²) in [5, 5.41) is 4.07. The van der Waals surface area contributed by atoms with Crippen molar-refractivity contribution in [3.8, 4) is 11.3 Å². The molecule has 1 fully saturated rings. The molecule has 4 rings (SSSR count). The van der Waals surface area contributed by atoms with Crippen LogP contribution >= 0.6 is 0 Å². The smallest absolute Gasteiger partial charge is 0.429 e. The van der Waals surface area contributed by atoms with E-state index >= 15 is 0 Å². The number of nitrogens with zero attached hydrogens (tertiary/aromatic N) is 4. The maximum absolute atomic E-state index is 14.8. The monoisotopic (exact) mass is 564 g/mol. The van der Waals surface area contributed by atoms with Gasteiger partial charge in [-0.3, -0.25) is 15.0 Å². The first-order valence-corrected chi connectivity index (χ1v) is 13.2. The number of ether oxygens (including phenoxy) is 2. The van der Waals surface area contributed by atoms with Crippen molar-refractivity contribution in [3.05, 3.63) is 71.7 Å². The molecule has 11 nitrogen and oxygen atoms in total. The SMILES string of the molecule is CCN(NC(=O)c1ccc(-c2ccnc(Nc3ccc(C(=O)N4CCOCC4)c(F)c3)n2)cc1)C(=O)OC(C)(C)C. The Balaban J connectivity index is 1.41. The first-order valence-electron chi connectivity index (χ1n) is 13.2. The van der Waals surface area contributed by atoms with E-state index in [0.717, 1.165) is 5.01 Å². The van der Waals surface area contributed by atoms with Crippen molar-refractivity contribution in [1.82, 2.24) is 25.3 Å². The van der Waals surface area contributed by atoms with Crippen LogP contribution in [-0.4, -0.2) is 76.2 Å². The van der Waals surface area contributed by atoms with Crippen molar-refractivity contribution < 1.29 is 28.2 Å². The summed E-state index contributed by atoms with van der Waals surface area (Å²) in [4.78, 5) is 47.9.